The summed E-state index contributed by atoms with van der Waals surface area (Å²) in [7, 11) is 0. The van der Waals surface area contributed by atoms with Crippen LogP contribution in [0.4, 0.5) is 0 Å². The summed E-state index contributed by atoms with van der Waals surface area (Å²) in [6.45, 7) is 25.8. The lowest BCUT2D eigenvalue weighted by Crippen LogP contribution is -2.29. The van der Waals surface area contributed by atoms with E-state index in [1.807, 2.05) is 0 Å². The summed E-state index contributed by atoms with van der Waals surface area (Å²) < 4.78 is 0. The summed E-state index contributed by atoms with van der Waals surface area (Å²) in [5, 5.41) is 0. The first-order chi connectivity index (χ1) is 15.0. The molecule has 0 saturated carbocycles. The van der Waals surface area contributed by atoms with E-state index in [1.54, 1.807) is 13.8 Å². The third kappa shape index (κ3) is 2.85. The van der Waals surface area contributed by atoms with Crippen molar-refractivity contribution in [2.75, 3.05) is 0 Å². The van der Waals surface area contributed by atoms with Gasteiger partial charge in [0.1, 0.15) is 0 Å². The largest absolute Gasteiger partial charge is 0.294 e. The molecule has 4 rings (SSSR count). The minimum absolute atomic E-state index is 0.0104. The molecular weight excluding hydrogens is 404 g/mol. The first kappa shape index (κ1) is 23.9. The molecule has 0 amide bonds. The highest BCUT2D eigenvalue weighted by molar-refractivity contribution is 6.00. The Morgan fingerprint density at radius 2 is 0.818 bits per heavy atom. The molecule has 1 spiro atoms. The van der Waals surface area contributed by atoms with Crippen LogP contribution in [0.15, 0.2) is 0 Å². The minimum Gasteiger partial charge on any atom is -0.294 e. The van der Waals surface area contributed by atoms with Gasteiger partial charge in [0.25, 0.3) is 0 Å². The number of carbonyl (C=O) groups is 2. The normalized spacial score (nSPS) is 19.0. The standard InChI is InChI=1S/C31H40O2/c1-15-17(3)25-27(19(5)23(15)21(7)32)31(13-29(25,9)10)14-30(11,12)26-18(4)16(2)24(22(8)33)20(6)28(26)31/h13-14H2,1-12H3. The second kappa shape index (κ2) is 6.90. The number of benzene rings is 2. The lowest BCUT2D eigenvalue weighted by molar-refractivity contribution is 0.100. The molecule has 33 heavy (non-hydrogen) atoms. The Kier molecular flexibility index (Phi) is 5.00. The Morgan fingerprint density at radius 3 is 1.09 bits per heavy atom. The SMILES string of the molecule is CC(=O)c1c(C)c(C)c2c(c1C)C1(CC2(C)C)CC(C)(C)c2c(C)c(C)c(C(C)=O)c(C)c21. The van der Waals surface area contributed by atoms with E-state index >= 15 is 0 Å². The van der Waals surface area contributed by atoms with Crippen LogP contribution in [0.2, 0.25) is 0 Å². The van der Waals surface area contributed by atoms with Crippen LogP contribution in [0.3, 0.4) is 0 Å². The second-order valence-corrected chi connectivity index (χ2v) is 12.3. The fraction of sp³-hybridized carbons (Fsp3) is 0.548. The summed E-state index contributed by atoms with van der Waals surface area (Å²) in [5.41, 5.74) is 14.3. The van der Waals surface area contributed by atoms with Gasteiger partial charge in [-0.15, -0.1) is 0 Å². The maximum atomic E-state index is 12.8. The van der Waals surface area contributed by atoms with Crippen LogP contribution >= 0.6 is 0 Å². The summed E-state index contributed by atoms with van der Waals surface area (Å²) in [4.78, 5) is 25.7. The Balaban J connectivity index is 2.27. The van der Waals surface area contributed by atoms with Gasteiger partial charge < -0.3 is 0 Å². The van der Waals surface area contributed by atoms with Crippen molar-refractivity contribution >= 4 is 11.6 Å². The predicted molar refractivity (Wildman–Crippen MR) is 137 cm³/mol. The van der Waals surface area contributed by atoms with Gasteiger partial charge in [-0.1, -0.05) is 27.7 Å². The number of fused-ring (bicyclic) bond motifs is 4. The molecule has 0 aromatic heterocycles. The zero-order chi connectivity index (χ0) is 25.0. The Bertz CT molecular complexity index is 1170. The summed E-state index contributed by atoms with van der Waals surface area (Å²) >= 11 is 0. The van der Waals surface area contributed by atoms with E-state index in [2.05, 4.69) is 69.2 Å². The number of ketones is 2. The molecule has 0 unspecified atom stereocenters. The van der Waals surface area contributed by atoms with E-state index in [4.69, 9.17) is 0 Å². The Morgan fingerprint density at radius 1 is 0.515 bits per heavy atom. The molecule has 2 aromatic rings. The third-order valence-electron chi connectivity index (χ3n) is 9.13. The van der Waals surface area contributed by atoms with Crippen LogP contribution in [-0.2, 0) is 16.2 Å². The number of hydrogen-bond acceptors (Lipinski definition) is 2. The molecule has 0 heterocycles. The number of Topliss-reactive ketones (excluding diaryl/α,β-unsaturated/α-hetero) is 2. The fourth-order valence-electron chi connectivity index (χ4n) is 8.48. The molecule has 0 atom stereocenters. The van der Waals surface area contributed by atoms with Crippen LogP contribution in [0.25, 0.3) is 0 Å². The van der Waals surface area contributed by atoms with Gasteiger partial charge in [0.15, 0.2) is 11.6 Å². The van der Waals surface area contributed by atoms with Crippen molar-refractivity contribution in [2.24, 2.45) is 0 Å². The van der Waals surface area contributed by atoms with Gasteiger partial charge in [-0.25, -0.2) is 0 Å². The smallest absolute Gasteiger partial charge is 0.160 e. The van der Waals surface area contributed by atoms with Crippen LogP contribution in [0.1, 0.15) is 131 Å². The first-order valence-corrected chi connectivity index (χ1v) is 12.3. The number of carbonyl (C=O) groups excluding carboxylic acids is 2. The molecule has 0 radical (unpaired) electrons. The monoisotopic (exact) mass is 444 g/mol. The van der Waals surface area contributed by atoms with Gasteiger partial charge in [0.05, 0.1) is 0 Å². The van der Waals surface area contributed by atoms with E-state index in [1.165, 1.54) is 33.4 Å². The molecule has 2 aromatic carbocycles. The molecule has 0 fully saturated rings. The zero-order valence-electron chi connectivity index (χ0n) is 22.7. The molecule has 2 heteroatoms. The van der Waals surface area contributed by atoms with Crippen molar-refractivity contribution in [3.05, 3.63) is 66.8 Å². The van der Waals surface area contributed by atoms with Crippen LogP contribution in [-0.4, -0.2) is 11.6 Å². The molecule has 0 aliphatic heterocycles. The van der Waals surface area contributed by atoms with Crippen molar-refractivity contribution in [2.45, 2.75) is 112 Å². The summed E-state index contributed by atoms with van der Waals surface area (Å²) in [6.07, 6.45) is 2.02. The molecule has 2 nitrogen and oxygen atoms in total. The van der Waals surface area contributed by atoms with Gasteiger partial charge in [-0.2, -0.15) is 0 Å². The highest BCUT2D eigenvalue weighted by Gasteiger charge is 2.59. The summed E-state index contributed by atoms with van der Waals surface area (Å²) in [6, 6.07) is 0. The minimum atomic E-state index is -0.183. The zero-order valence-corrected chi connectivity index (χ0v) is 22.7. The van der Waals surface area contributed by atoms with E-state index in [0.29, 0.717) is 0 Å². The average molecular weight is 445 g/mol. The van der Waals surface area contributed by atoms with Crippen LogP contribution in [0, 0.1) is 41.5 Å². The van der Waals surface area contributed by atoms with Crippen molar-refractivity contribution in [3.8, 4) is 0 Å². The van der Waals surface area contributed by atoms with Crippen LogP contribution in [0.5, 0.6) is 0 Å². The predicted octanol–water partition coefficient (Wildman–Crippen LogP) is 7.59. The van der Waals surface area contributed by atoms with Crippen LogP contribution < -0.4 is 0 Å². The first-order valence-electron chi connectivity index (χ1n) is 12.3. The highest BCUT2D eigenvalue weighted by atomic mass is 16.1. The number of rotatable bonds is 2. The number of hydrogen-bond donors (Lipinski definition) is 0. The average Bonchev–Trinajstić information content (AvgIpc) is 3.02. The highest BCUT2D eigenvalue weighted by Crippen LogP contribution is 2.66. The molecule has 176 valence electrons. The van der Waals surface area contributed by atoms with E-state index in [9.17, 15) is 9.59 Å². The van der Waals surface area contributed by atoms with E-state index in [-0.39, 0.29) is 27.8 Å². The van der Waals surface area contributed by atoms with Gasteiger partial charge in [-0.3, -0.25) is 9.59 Å². The van der Waals surface area contributed by atoms with Crippen molar-refractivity contribution < 1.29 is 9.59 Å². The molecule has 0 N–H and O–H groups in total. The summed E-state index contributed by atoms with van der Waals surface area (Å²) in [5.74, 6) is 0.295. The van der Waals surface area contributed by atoms with Gasteiger partial charge in [-0.05, 0) is 135 Å². The lowest BCUT2D eigenvalue weighted by atomic mass is 9.69. The van der Waals surface area contributed by atoms with Gasteiger partial charge in [0, 0.05) is 16.5 Å². The molecule has 0 saturated heterocycles. The van der Waals surface area contributed by atoms with Crippen molar-refractivity contribution in [1.29, 1.82) is 0 Å². The van der Waals surface area contributed by atoms with Gasteiger partial charge >= 0.3 is 0 Å². The van der Waals surface area contributed by atoms with E-state index < -0.39 is 0 Å². The quantitative estimate of drug-likeness (QED) is 0.447. The maximum absolute atomic E-state index is 12.8. The lowest BCUT2D eigenvalue weighted by Gasteiger charge is -2.33. The van der Waals surface area contributed by atoms with Crippen molar-refractivity contribution in [1.82, 2.24) is 0 Å². The second-order valence-electron chi connectivity index (χ2n) is 12.3. The Hall–Kier alpha value is -2.22. The topological polar surface area (TPSA) is 34.1 Å². The van der Waals surface area contributed by atoms with E-state index in [0.717, 1.165) is 46.2 Å². The molecule has 0 bridgehead atoms. The third-order valence-corrected chi connectivity index (χ3v) is 9.13. The fourth-order valence-corrected chi connectivity index (χ4v) is 8.48. The molecular formula is C31H40O2. The van der Waals surface area contributed by atoms with Gasteiger partial charge in [0.2, 0.25) is 0 Å². The maximum Gasteiger partial charge on any atom is 0.160 e. The Labute approximate surface area is 200 Å². The molecule has 2 aliphatic rings. The van der Waals surface area contributed by atoms with Crippen molar-refractivity contribution in [3.63, 3.8) is 0 Å². The molecule has 2 aliphatic carbocycles.